The maximum Gasteiger partial charge on any atom is 0.0609 e. The zero-order valence-electron chi connectivity index (χ0n) is 8.55. The number of hydrogen-bond donors (Lipinski definition) is 1. The van der Waals surface area contributed by atoms with Gasteiger partial charge in [-0.2, -0.15) is 0 Å². The van der Waals surface area contributed by atoms with Gasteiger partial charge >= 0.3 is 0 Å². The lowest BCUT2D eigenvalue weighted by molar-refractivity contribution is 0.150. The SMILES string of the molecule is Cc1ccc(Cl)c(C2(C(C)O)CC2)c1. The van der Waals surface area contributed by atoms with Crippen molar-refractivity contribution in [2.75, 3.05) is 0 Å². The molecule has 0 saturated heterocycles. The van der Waals surface area contributed by atoms with E-state index in [9.17, 15) is 5.11 Å². The predicted octanol–water partition coefficient (Wildman–Crippen LogP) is 3.06. The van der Waals surface area contributed by atoms with E-state index >= 15 is 0 Å². The first-order valence-corrected chi connectivity index (χ1v) is 5.39. The van der Waals surface area contributed by atoms with Gasteiger partial charge < -0.3 is 5.11 Å². The van der Waals surface area contributed by atoms with Crippen LogP contribution in [0.2, 0.25) is 5.02 Å². The highest BCUT2D eigenvalue weighted by Gasteiger charge is 2.49. The Kier molecular flexibility index (Phi) is 2.32. The van der Waals surface area contributed by atoms with E-state index < -0.39 is 0 Å². The van der Waals surface area contributed by atoms with E-state index in [1.807, 2.05) is 19.1 Å². The Morgan fingerprint density at radius 3 is 2.57 bits per heavy atom. The van der Waals surface area contributed by atoms with Gasteiger partial charge in [0.1, 0.15) is 0 Å². The molecule has 1 aromatic rings. The van der Waals surface area contributed by atoms with E-state index in [0.717, 1.165) is 23.4 Å². The Labute approximate surface area is 89.7 Å². The highest BCUT2D eigenvalue weighted by Crippen LogP contribution is 2.53. The third-order valence-corrected chi connectivity index (χ3v) is 3.58. The lowest BCUT2D eigenvalue weighted by Crippen LogP contribution is -2.22. The van der Waals surface area contributed by atoms with Gasteiger partial charge in [-0.15, -0.1) is 0 Å². The first kappa shape index (κ1) is 10.0. The molecule has 0 bridgehead atoms. The molecule has 2 rings (SSSR count). The average molecular weight is 211 g/mol. The number of aliphatic hydroxyl groups is 1. The molecule has 1 unspecified atom stereocenters. The van der Waals surface area contributed by atoms with Gasteiger partial charge in [0.25, 0.3) is 0 Å². The second-order valence-electron chi connectivity index (χ2n) is 4.32. The predicted molar refractivity (Wildman–Crippen MR) is 58.8 cm³/mol. The van der Waals surface area contributed by atoms with Gasteiger partial charge in [-0.05, 0) is 38.3 Å². The molecule has 76 valence electrons. The molecule has 1 aliphatic rings. The lowest BCUT2D eigenvalue weighted by atomic mass is 9.90. The fourth-order valence-corrected chi connectivity index (χ4v) is 2.37. The molecular weight excluding hydrogens is 196 g/mol. The summed E-state index contributed by atoms with van der Waals surface area (Å²) in [5, 5.41) is 10.5. The molecular formula is C12H15ClO. The van der Waals surface area contributed by atoms with Gasteiger partial charge in [0, 0.05) is 10.4 Å². The van der Waals surface area contributed by atoms with Gasteiger partial charge in [0.05, 0.1) is 6.10 Å². The van der Waals surface area contributed by atoms with Crippen molar-refractivity contribution in [3.8, 4) is 0 Å². The van der Waals surface area contributed by atoms with Crippen molar-refractivity contribution in [3.63, 3.8) is 0 Å². The third kappa shape index (κ3) is 1.45. The summed E-state index contributed by atoms with van der Waals surface area (Å²) in [5.74, 6) is 0. The van der Waals surface area contributed by atoms with Crippen molar-refractivity contribution in [1.29, 1.82) is 0 Å². The van der Waals surface area contributed by atoms with Crippen LogP contribution in [0.1, 0.15) is 30.9 Å². The average Bonchev–Trinajstić information content (AvgIpc) is 2.90. The summed E-state index contributed by atoms with van der Waals surface area (Å²) in [6, 6.07) is 6.03. The highest BCUT2D eigenvalue weighted by molar-refractivity contribution is 6.31. The van der Waals surface area contributed by atoms with Crippen LogP contribution in [0.4, 0.5) is 0 Å². The Morgan fingerprint density at radius 1 is 1.43 bits per heavy atom. The minimum absolute atomic E-state index is 0.0525. The summed E-state index contributed by atoms with van der Waals surface area (Å²) in [6.07, 6.45) is 1.79. The van der Waals surface area contributed by atoms with Crippen molar-refractivity contribution in [1.82, 2.24) is 0 Å². The second kappa shape index (κ2) is 3.25. The van der Waals surface area contributed by atoms with Crippen molar-refractivity contribution >= 4 is 11.6 Å². The molecule has 1 nitrogen and oxygen atoms in total. The van der Waals surface area contributed by atoms with E-state index in [-0.39, 0.29) is 11.5 Å². The molecule has 1 N–H and O–H groups in total. The summed E-state index contributed by atoms with van der Waals surface area (Å²) in [6.45, 7) is 3.91. The molecule has 0 aromatic heterocycles. The largest absolute Gasteiger partial charge is 0.392 e. The quantitative estimate of drug-likeness (QED) is 0.796. The van der Waals surface area contributed by atoms with Crippen molar-refractivity contribution < 1.29 is 5.11 Å². The topological polar surface area (TPSA) is 20.2 Å². The lowest BCUT2D eigenvalue weighted by Gasteiger charge is -2.20. The molecule has 0 spiro atoms. The monoisotopic (exact) mass is 210 g/mol. The summed E-state index contributed by atoms with van der Waals surface area (Å²) in [4.78, 5) is 0. The van der Waals surface area contributed by atoms with E-state index in [0.29, 0.717) is 0 Å². The standard InChI is InChI=1S/C12H15ClO/c1-8-3-4-11(13)10(7-8)12(5-6-12)9(2)14/h3-4,7,9,14H,5-6H2,1-2H3. The van der Waals surface area contributed by atoms with Crippen molar-refractivity contribution in [2.45, 2.75) is 38.2 Å². The summed E-state index contributed by atoms with van der Waals surface area (Å²) in [5.41, 5.74) is 2.27. The fourth-order valence-electron chi connectivity index (χ4n) is 2.07. The molecule has 1 atom stereocenters. The molecule has 14 heavy (non-hydrogen) atoms. The Bertz CT molecular complexity index is 353. The Balaban J connectivity index is 2.46. The van der Waals surface area contributed by atoms with Gasteiger partial charge in [0.15, 0.2) is 0 Å². The third-order valence-electron chi connectivity index (χ3n) is 3.25. The maximum atomic E-state index is 9.75. The van der Waals surface area contributed by atoms with Crippen LogP contribution >= 0.6 is 11.6 Å². The number of rotatable bonds is 2. The normalized spacial score (nSPS) is 20.6. The van der Waals surface area contributed by atoms with Crippen LogP contribution in [0.5, 0.6) is 0 Å². The maximum absolute atomic E-state index is 9.75. The smallest absolute Gasteiger partial charge is 0.0609 e. The van der Waals surface area contributed by atoms with Gasteiger partial charge in [-0.1, -0.05) is 29.3 Å². The van der Waals surface area contributed by atoms with Crippen LogP contribution < -0.4 is 0 Å². The second-order valence-corrected chi connectivity index (χ2v) is 4.72. The molecule has 0 radical (unpaired) electrons. The van der Waals surface area contributed by atoms with Crippen LogP contribution in [0.15, 0.2) is 18.2 Å². The molecule has 1 aromatic carbocycles. The highest BCUT2D eigenvalue weighted by atomic mass is 35.5. The molecule has 0 amide bonds. The minimum atomic E-state index is -0.304. The number of benzene rings is 1. The number of aliphatic hydroxyl groups excluding tert-OH is 1. The van der Waals surface area contributed by atoms with Crippen molar-refractivity contribution in [2.24, 2.45) is 0 Å². The first-order valence-electron chi connectivity index (χ1n) is 5.01. The summed E-state index contributed by atoms with van der Waals surface area (Å²) >= 11 is 6.15. The zero-order chi connectivity index (χ0) is 10.3. The Morgan fingerprint density at radius 2 is 2.07 bits per heavy atom. The van der Waals surface area contributed by atoms with E-state index in [2.05, 4.69) is 13.0 Å². The van der Waals surface area contributed by atoms with Crippen LogP contribution in [0.3, 0.4) is 0 Å². The van der Waals surface area contributed by atoms with E-state index in [1.165, 1.54) is 5.56 Å². The summed E-state index contributed by atoms with van der Waals surface area (Å²) < 4.78 is 0. The number of halogens is 1. The van der Waals surface area contributed by atoms with Crippen LogP contribution in [-0.2, 0) is 5.41 Å². The van der Waals surface area contributed by atoms with E-state index in [4.69, 9.17) is 11.6 Å². The Hall–Kier alpha value is -0.530. The molecule has 1 fully saturated rings. The minimum Gasteiger partial charge on any atom is -0.392 e. The molecule has 0 heterocycles. The molecule has 1 aliphatic carbocycles. The first-order chi connectivity index (χ1) is 6.56. The van der Waals surface area contributed by atoms with Crippen molar-refractivity contribution in [3.05, 3.63) is 34.3 Å². The summed E-state index contributed by atoms with van der Waals surface area (Å²) in [7, 11) is 0. The van der Waals surface area contributed by atoms with Gasteiger partial charge in [0.2, 0.25) is 0 Å². The zero-order valence-corrected chi connectivity index (χ0v) is 9.30. The van der Waals surface area contributed by atoms with Crippen LogP contribution in [0.25, 0.3) is 0 Å². The van der Waals surface area contributed by atoms with E-state index in [1.54, 1.807) is 0 Å². The number of hydrogen-bond acceptors (Lipinski definition) is 1. The van der Waals surface area contributed by atoms with Gasteiger partial charge in [-0.3, -0.25) is 0 Å². The number of aryl methyl sites for hydroxylation is 1. The fraction of sp³-hybridized carbons (Fsp3) is 0.500. The molecule has 1 saturated carbocycles. The van der Waals surface area contributed by atoms with Gasteiger partial charge in [-0.25, -0.2) is 0 Å². The van der Waals surface area contributed by atoms with Crippen LogP contribution in [-0.4, -0.2) is 11.2 Å². The van der Waals surface area contributed by atoms with Crippen LogP contribution in [0, 0.1) is 6.92 Å². The molecule has 2 heteroatoms. The molecule has 0 aliphatic heterocycles.